The van der Waals surface area contributed by atoms with E-state index in [9.17, 15) is 8.42 Å². The maximum absolute atomic E-state index is 10.6. The Morgan fingerprint density at radius 3 is 2.12 bits per heavy atom. The van der Waals surface area contributed by atoms with Crippen molar-refractivity contribution in [1.82, 2.24) is 0 Å². The lowest BCUT2D eigenvalue weighted by atomic mass is 10.9. The van der Waals surface area contributed by atoms with Crippen LogP contribution in [-0.4, -0.2) is 25.7 Å². The molecule has 0 bridgehead atoms. The van der Waals surface area contributed by atoms with Crippen molar-refractivity contribution in [1.29, 1.82) is 0 Å². The molecule has 2 nitrogen and oxygen atoms in total. The van der Waals surface area contributed by atoms with Gasteiger partial charge in [-0.3, -0.25) is 0 Å². The standard InChI is InChI=1S/C4H10O2S2/c1-2-8(5,6)4-3-7/h7H,2-4H2,1H3. The topological polar surface area (TPSA) is 34.1 Å². The molecule has 8 heavy (non-hydrogen) atoms. The Kier molecular flexibility index (Phi) is 3.48. The van der Waals surface area contributed by atoms with Gasteiger partial charge < -0.3 is 0 Å². The van der Waals surface area contributed by atoms with Gasteiger partial charge >= 0.3 is 0 Å². The van der Waals surface area contributed by atoms with Crippen LogP contribution >= 0.6 is 12.6 Å². The molecule has 0 amide bonds. The van der Waals surface area contributed by atoms with E-state index >= 15 is 0 Å². The Balaban J connectivity index is 3.76. The molecule has 0 aromatic carbocycles. The lowest BCUT2D eigenvalue weighted by Gasteiger charge is -1.93. The predicted octanol–water partition coefficient (Wildman–Crippen LogP) is 0.351. The SMILES string of the molecule is CCS(=O)(=O)CCS. The lowest BCUT2D eigenvalue weighted by molar-refractivity contribution is 0.599. The molecular weight excluding hydrogens is 144 g/mol. The van der Waals surface area contributed by atoms with E-state index in [-0.39, 0.29) is 11.5 Å². The van der Waals surface area contributed by atoms with Gasteiger partial charge in [-0.2, -0.15) is 12.6 Å². The molecule has 0 aliphatic rings. The van der Waals surface area contributed by atoms with E-state index in [4.69, 9.17) is 0 Å². The van der Waals surface area contributed by atoms with Crippen LogP contribution in [0.5, 0.6) is 0 Å². The third-order valence-corrected chi connectivity index (χ3v) is 3.07. The highest BCUT2D eigenvalue weighted by Crippen LogP contribution is 1.89. The first-order valence-electron chi connectivity index (χ1n) is 2.43. The van der Waals surface area contributed by atoms with Gasteiger partial charge in [0.25, 0.3) is 0 Å². The Bertz CT molecular complexity index is 136. The average molecular weight is 154 g/mol. The number of hydrogen-bond acceptors (Lipinski definition) is 3. The van der Waals surface area contributed by atoms with Crippen molar-refractivity contribution in [2.75, 3.05) is 17.3 Å². The summed E-state index contributed by atoms with van der Waals surface area (Å²) in [5.74, 6) is 0.857. The van der Waals surface area contributed by atoms with Gasteiger partial charge in [0.2, 0.25) is 0 Å². The lowest BCUT2D eigenvalue weighted by Crippen LogP contribution is -2.09. The van der Waals surface area contributed by atoms with Crippen molar-refractivity contribution in [3.8, 4) is 0 Å². The molecule has 0 saturated heterocycles. The van der Waals surface area contributed by atoms with Crippen LogP contribution in [0.15, 0.2) is 0 Å². The average Bonchev–Trinajstić information content (AvgIpc) is 1.67. The minimum atomic E-state index is -2.75. The van der Waals surface area contributed by atoms with Gasteiger partial charge in [0.15, 0.2) is 9.84 Å². The summed E-state index contributed by atoms with van der Waals surface area (Å²) in [6.45, 7) is 1.64. The number of rotatable bonds is 3. The van der Waals surface area contributed by atoms with Crippen LogP contribution in [0.2, 0.25) is 0 Å². The molecule has 0 aromatic rings. The third-order valence-electron chi connectivity index (χ3n) is 0.842. The van der Waals surface area contributed by atoms with Crippen LogP contribution in [0.4, 0.5) is 0 Å². The van der Waals surface area contributed by atoms with Gasteiger partial charge in [0, 0.05) is 11.5 Å². The molecule has 0 radical (unpaired) electrons. The minimum absolute atomic E-state index is 0.201. The molecule has 0 aromatic heterocycles. The molecular formula is C4H10O2S2. The van der Waals surface area contributed by atoms with Gasteiger partial charge in [-0.15, -0.1) is 0 Å². The first-order valence-corrected chi connectivity index (χ1v) is 4.89. The van der Waals surface area contributed by atoms with Gasteiger partial charge in [-0.1, -0.05) is 6.92 Å². The molecule has 0 atom stereocenters. The van der Waals surface area contributed by atoms with Crippen LogP contribution in [0.25, 0.3) is 0 Å². The molecule has 4 heteroatoms. The number of hydrogen-bond donors (Lipinski definition) is 1. The quantitative estimate of drug-likeness (QED) is 0.595. The summed E-state index contributed by atoms with van der Waals surface area (Å²) in [7, 11) is -2.75. The second kappa shape index (κ2) is 3.35. The maximum Gasteiger partial charge on any atom is 0.150 e. The zero-order chi connectivity index (χ0) is 6.62. The molecule has 0 aliphatic heterocycles. The van der Waals surface area contributed by atoms with E-state index in [1.807, 2.05) is 0 Å². The summed E-state index contributed by atoms with van der Waals surface area (Å²) in [5, 5.41) is 0. The van der Waals surface area contributed by atoms with E-state index in [1.54, 1.807) is 6.92 Å². The Labute approximate surface area is 55.6 Å². The van der Waals surface area contributed by atoms with Crippen LogP contribution < -0.4 is 0 Å². The Morgan fingerprint density at radius 2 is 2.00 bits per heavy atom. The van der Waals surface area contributed by atoms with Crippen molar-refractivity contribution in [2.45, 2.75) is 6.92 Å². The molecule has 0 spiro atoms. The van der Waals surface area contributed by atoms with Crippen LogP contribution in [0, 0.1) is 0 Å². The van der Waals surface area contributed by atoms with Crippen LogP contribution in [-0.2, 0) is 9.84 Å². The van der Waals surface area contributed by atoms with Crippen LogP contribution in [0.3, 0.4) is 0 Å². The summed E-state index contributed by atoms with van der Waals surface area (Å²) in [4.78, 5) is 0. The highest BCUT2D eigenvalue weighted by Gasteiger charge is 2.02. The maximum atomic E-state index is 10.6. The number of thiol groups is 1. The van der Waals surface area contributed by atoms with Gasteiger partial charge in [-0.05, 0) is 0 Å². The summed E-state index contributed by atoms with van der Waals surface area (Å²) in [5.41, 5.74) is 0. The van der Waals surface area contributed by atoms with E-state index < -0.39 is 9.84 Å². The second-order valence-corrected chi connectivity index (χ2v) is 4.38. The second-order valence-electron chi connectivity index (χ2n) is 1.46. The highest BCUT2D eigenvalue weighted by molar-refractivity contribution is 7.92. The summed E-state index contributed by atoms with van der Waals surface area (Å²) >= 11 is 3.79. The summed E-state index contributed by atoms with van der Waals surface area (Å²) in [6, 6.07) is 0. The predicted molar refractivity (Wildman–Crippen MR) is 38.2 cm³/mol. The first kappa shape index (κ1) is 8.30. The first-order chi connectivity index (χ1) is 3.62. The van der Waals surface area contributed by atoms with Crippen molar-refractivity contribution in [3.05, 3.63) is 0 Å². The fourth-order valence-corrected chi connectivity index (χ4v) is 1.68. The zero-order valence-electron chi connectivity index (χ0n) is 4.79. The summed E-state index contributed by atoms with van der Waals surface area (Å²) < 4.78 is 21.1. The van der Waals surface area contributed by atoms with Gasteiger partial charge in [0.05, 0.1) is 5.75 Å². The Hall–Kier alpha value is 0.300. The van der Waals surface area contributed by atoms with E-state index in [1.165, 1.54) is 0 Å². The van der Waals surface area contributed by atoms with E-state index in [2.05, 4.69) is 12.6 Å². The Morgan fingerprint density at radius 1 is 1.50 bits per heavy atom. The van der Waals surface area contributed by atoms with Gasteiger partial charge in [0.1, 0.15) is 0 Å². The normalized spacial score (nSPS) is 11.8. The number of sulfone groups is 1. The monoisotopic (exact) mass is 154 g/mol. The van der Waals surface area contributed by atoms with Crippen LogP contribution in [0.1, 0.15) is 6.92 Å². The molecule has 0 rings (SSSR count). The molecule has 0 saturated carbocycles. The fourth-order valence-electron chi connectivity index (χ4n) is 0.283. The molecule has 0 fully saturated rings. The molecule has 0 aliphatic carbocycles. The van der Waals surface area contributed by atoms with Crippen molar-refractivity contribution >= 4 is 22.5 Å². The largest absolute Gasteiger partial charge is 0.229 e. The smallest absolute Gasteiger partial charge is 0.150 e. The molecule has 50 valence electrons. The van der Waals surface area contributed by atoms with Crippen molar-refractivity contribution < 1.29 is 8.42 Å². The minimum Gasteiger partial charge on any atom is -0.229 e. The van der Waals surface area contributed by atoms with Crippen molar-refractivity contribution in [3.63, 3.8) is 0 Å². The third kappa shape index (κ3) is 3.32. The highest BCUT2D eigenvalue weighted by atomic mass is 32.2. The molecule has 0 unspecified atom stereocenters. The fraction of sp³-hybridized carbons (Fsp3) is 1.00. The molecule has 0 N–H and O–H groups in total. The van der Waals surface area contributed by atoms with Crippen molar-refractivity contribution in [2.24, 2.45) is 0 Å². The van der Waals surface area contributed by atoms with Gasteiger partial charge in [-0.25, -0.2) is 8.42 Å². The van der Waals surface area contributed by atoms with E-state index in [0.29, 0.717) is 5.75 Å². The summed E-state index contributed by atoms with van der Waals surface area (Å²) in [6.07, 6.45) is 0. The molecule has 0 heterocycles. The zero-order valence-corrected chi connectivity index (χ0v) is 6.50. The van der Waals surface area contributed by atoms with E-state index in [0.717, 1.165) is 0 Å².